The third-order valence-electron chi connectivity index (χ3n) is 3.54. The van der Waals surface area contributed by atoms with Gasteiger partial charge in [0.2, 0.25) is 0 Å². The van der Waals surface area contributed by atoms with Crippen LogP contribution in [0.15, 0.2) is 4.99 Å². The molecule has 1 fully saturated rings. The lowest BCUT2D eigenvalue weighted by Crippen LogP contribution is -2.45. The Balaban J connectivity index is 2.22. The van der Waals surface area contributed by atoms with E-state index >= 15 is 0 Å². The standard InChI is InChI=1S/C15H32N4O2/c1-5-16-14(18-11-15(2)12-21-13-15)17-7-9-19(3)8-6-10-20-4/h5-13H2,1-4H3,(H2,16,17,18). The van der Waals surface area contributed by atoms with E-state index in [2.05, 4.69) is 41.4 Å². The van der Waals surface area contributed by atoms with Crippen LogP contribution in [0.25, 0.3) is 0 Å². The molecule has 0 radical (unpaired) electrons. The summed E-state index contributed by atoms with van der Waals surface area (Å²) in [5.41, 5.74) is 0.222. The first-order chi connectivity index (χ1) is 10.1. The molecule has 0 aromatic rings. The van der Waals surface area contributed by atoms with Crippen molar-refractivity contribution in [2.45, 2.75) is 20.3 Å². The van der Waals surface area contributed by atoms with Crippen molar-refractivity contribution in [3.8, 4) is 0 Å². The number of methoxy groups -OCH3 is 1. The van der Waals surface area contributed by atoms with Crippen LogP contribution >= 0.6 is 0 Å². The Labute approximate surface area is 129 Å². The Bertz CT molecular complexity index is 306. The minimum Gasteiger partial charge on any atom is -0.385 e. The normalized spacial score (nSPS) is 17.7. The smallest absolute Gasteiger partial charge is 0.191 e. The predicted molar refractivity (Wildman–Crippen MR) is 86.9 cm³/mol. The first kappa shape index (κ1) is 18.2. The molecule has 0 spiro atoms. The van der Waals surface area contributed by atoms with E-state index in [1.54, 1.807) is 7.11 Å². The minimum absolute atomic E-state index is 0.222. The Morgan fingerprint density at radius 3 is 2.67 bits per heavy atom. The molecule has 6 heteroatoms. The molecule has 124 valence electrons. The molecule has 0 bridgehead atoms. The first-order valence-electron chi connectivity index (χ1n) is 7.87. The number of aliphatic imine (C=N–C) groups is 1. The van der Waals surface area contributed by atoms with Gasteiger partial charge in [0.05, 0.1) is 19.8 Å². The van der Waals surface area contributed by atoms with E-state index in [4.69, 9.17) is 9.47 Å². The number of hydrogen-bond acceptors (Lipinski definition) is 4. The quantitative estimate of drug-likeness (QED) is 0.350. The Kier molecular flexibility index (Phi) is 8.64. The molecule has 1 aliphatic heterocycles. The fourth-order valence-corrected chi connectivity index (χ4v) is 2.11. The van der Waals surface area contributed by atoms with Gasteiger partial charge in [-0.3, -0.25) is 4.99 Å². The molecule has 0 amide bonds. The van der Waals surface area contributed by atoms with Crippen LogP contribution in [0.3, 0.4) is 0 Å². The largest absolute Gasteiger partial charge is 0.385 e. The zero-order valence-corrected chi connectivity index (χ0v) is 14.1. The summed E-state index contributed by atoms with van der Waals surface area (Å²) in [5, 5.41) is 6.68. The molecule has 0 aromatic carbocycles. The van der Waals surface area contributed by atoms with Gasteiger partial charge >= 0.3 is 0 Å². The number of guanidine groups is 1. The van der Waals surface area contributed by atoms with Crippen molar-refractivity contribution in [2.75, 3.05) is 66.7 Å². The zero-order chi connectivity index (χ0) is 15.6. The Morgan fingerprint density at radius 2 is 2.10 bits per heavy atom. The average molecular weight is 300 g/mol. The zero-order valence-electron chi connectivity index (χ0n) is 14.1. The van der Waals surface area contributed by atoms with E-state index in [-0.39, 0.29) is 5.41 Å². The molecule has 1 saturated heterocycles. The summed E-state index contributed by atoms with van der Waals surface area (Å²) in [7, 11) is 3.88. The summed E-state index contributed by atoms with van der Waals surface area (Å²) < 4.78 is 10.3. The second kappa shape index (κ2) is 9.97. The maximum Gasteiger partial charge on any atom is 0.191 e. The van der Waals surface area contributed by atoms with Gasteiger partial charge < -0.3 is 25.0 Å². The van der Waals surface area contributed by atoms with Crippen LogP contribution in [0.1, 0.15) is 20.3 Å². The first-order valence-corrected chi connectivity index (χ1v) is 7.87. The SMILES string of the molecule is CCNC(=NCC1(C)COC1)NCCN(C)CCCOC. The van der Waals surface area contributed by atoms with Crippen LogP contribution in [-0.2, 0) is 9.47 Å². The van der Waals surface area contributed by atoms with Crippen molar-refractivity contribution >= 4 is 5.96 Å². The van der Waals surface area contributed by atoms with Gasteiger partial charge in [0.1, 0.15) is 0 Å². The fraction of sp³-hybridized carbons (Fsp3) is 0.933. The van der Waals surface area contributed by atoms with Gasteiger partial charge in [0.25, 0.3) is 0 Å². The van der Waals surface area contributed by atoms with Gasteiger partial charge in [-0.2, -0.15) is 0 Å². The highest BCUT2D eigenvalue weighted by Gasteiger charge is 2.33. The van der Waals surface area contributed by atoms with E-state index in [1.165, 1.54) is 0 Å². The number of nitrogens with one attached hydrogen (secondary N) is 2. The summed E-state index contributed by atoms with van der Waals surface area (Å²) in [5.74, 6) is 0.899. The molecule has 0 unspecified atom stereocenters. The summed E-state index contributed by atoms with van der Waals surface area (Å²) in [6.45, 7) is 11.4. The monoisotopic (exact) mass is 300 g/mol. The summed E-state index contributed by atoms with van der Waals surface area (Å²) >= 11 is 0. The molecule has 0 atom stereocenters. The summed E-state index contributed by atoms with van der Waals surface area (Å²) in [6, 6.07) is 0. The Morgan fingerprint density at radius 1 is 1.33 bits per heavy atom. The van der Waals surface area contributed by atoms with Crippen molar-refractivity contribution in [3.63, 3.8) is 0 Å². The van der Waals surface area contributed by atoms with E-state index in [1.807, 2.05) is 0 Å². The van der Waals surface area contributed by atoms with Crippen LogP contribution in [0.2, 0.25) is 0 Å². The van der Waals surface area contributed by atoms with Crippen molar-refractivity contribution in [1.82, 2.24) is 15.5 Å². The van der Waals surface area contributed by atoms with Gasteiger partial charge in [0, 0.05) is 45.3 Å². The molecule has 1 aliphatic rings. The van der Waals surface area contributed by atoms with E-state index in [0.717, 1.165) is 64.9 Å². The molecule has 1 rings (SSSR count). The van der Waals surface area contributed by atoms with Gasteiger partial charge in [-0.15, -0.1) is 0 Å². The van der Waals surface area contributed by atoms with E-state index in [9.17, 15) is 0 Å². The van der Waals surface area contributed by atoms with Crippen molar-refractivity contribution in [1.29, 1.82) is 0 Å². The number of likely N-dealkylation sites (N-methyl/N-ethyl adjacent to an activating group) is 1. The lowest BCUT2D eigenvalue weighted by molar-refractivity contribution is -0.0945. The van der Waals surface area contributed by atoms with Gasteiger partial charge in [0.15, 0.2) is 5.96 Å². The highest BCUT2D eigenvalue weighted by Crippen LogP contribution is 2.26. The Hall–Kier alpha value is -0.850. The van der Waals surface area contributed by atoms with Crippen LogP contribution in [0.4, 0.5) is 0 Å². The molecule has 1 heterocycles. The van der Waals surface area contributed by atoms with Crippen molar-refractivity contribution < 1.29 is 9.47 Å². The molecule has 2 N–H and O–H groups in total. The van der Waals surface area contributed by atoms with Crippen molar-refractivity contribution in [2.24, 2.45) is 10.4 Å². The average Bonchev–Trinajstić information content (AvgIpc) is 2.43. The topological polar surface area (TPSA) is 58.1 Å². The second-order valence-corrected chi connectivity index (χ2v) is 6.08. The summed E-state index contributed by atoms with van der Waals surface area (Å²) in [6.07, 6.45) is 1.07. The lowest BCUT2D eigenvalue weighted by Gasteiger charge is -2.36. The van der Waals surface area contributed by atoms with Crippen LogP contribution in [0.5, 0.6) is 0 Å². The van der Waals surface area contributed by atoms with E-state index in [0.29, 0.717) is 0 Å². The fourth-order valence-electron chi connectivity index (χ4n) is 2.11. The van der Waals surface area contributed by atoms with Gasteiger partial charge in [-0.25, -0.2) is 0 Å². The third kappa shape index (κ3) is 7.64. The highest BCUT2D eigenvalue weighted by atomic mass is 16.5. The number of nitrogens with zero attached hydrogens (tertiary/aromatic N) is 2. The number of ether oxygens (including phenoxy) is 2. The van der Waals surface area contributed by atoms with Crippen LogP contribution in [0, 0.1) is 5.41 Å². The molecular weight excluding hydrogens is 268 g/mol. The van der Waals surface area contributed by atoms with Gasteiger partial charge in [-0.1, -0.05) is 6.92 Å². The molecular formula is C15H32N4O2. The molecule has 21 heavy (non-hydrogen) atoms. The maximum absolute atomic E-state index is 5.26. The summed E-state index contributed by atoms with van der Waals surface area (Å²) in [4.78, 5) is 6.96. The van der Waals surface area contributed by atoms with Gasteiger partial charge in [-0.05, 0) is 20.4 Å². The number of hydrogen-bond donors (Lipinski definition) is 2. The predicted octanol–water partition coefficient (Wildman–Crippen LogP) is 0.546. The molecule has 0 aliphatic carbocycles. The lowest BCUT2D eigenvalue weighted by atomic mass is 9.89. The maximum atomic E-state index is 5.26. The molecule has 0 saturated carbocycles. The number of rotatable bonds is 10. The van der Waals surface area contributed by atoms with Crippen LogP contribution < -0.4 is 10.6 Å². The van der Waals surface area contributed by atoms with E-state index < -0.39 is 0 Å². The van der Waals surface area contributed by atoms with Crippen LogP contribution in [-0.4, -0.2) is 77.6 Å². The highest BCUT2D eigenvalue weighted by molar-refractivity contribution is 5.79. The second-order valence-electron chi connectivity index (χ2n) is 6.08. The molecule has 6 nitrogen and oxygen atoms in total. The third-order valence-corrected chi connectivity index (χ3v) is 3.54. The minimum atomic E-state index is 0.222. The van der Waals surface area contributed by atoms with Crippen molar-refractivity contribution in [3.05, 3.63) is 0 Å². The molecule has 0 aromatic heterocycles.